The molecule has 0 bridgehead atoms. The third-order valence-electron chi connectivity index (χ3n) is 1.21. The van der Waals surface area contributed by atoms with E-state index in [1.807, 2.05) is 0 Å². The highest BCUT2D eigenvalue weighted by atomic mass is 16.6. The summed E-state index contributed by atoms with van der Waals surface area (Å²) in [6.07, 6.45) is -0.614. The Labute approximate surface area is 58.1 Å². The largest absolute Gasteiger partial charge is 0.417 e. The molecule has 1 saturated heterocycles. The van der Waals surface area contributed by atoms with Gasteiger partial charge in [-0.25, -0.2) is 9.59 Å². The zero-order chi connectivity index (χ0) is 7.72. The van der Waals surface area contributed by atoms with Gasteiger partial charge in [0.05, 0.1) is 12.1 Å². The van der Waals surface area contributed by atoms with Crippen LogP contribution in [0, 0.1) is 0 Å². The van der Waals surface area contributed by atoms with E-state index >= 15 is 0 Å². The van der Waals surface area contributed by atoms with Crippen LogP contribution in [-0.2, 0) is 9.53 Å². The van der Waals surface area contributed by atoms with Crippen molar-refractivity contribution in [3.05, 3.63) is 12.2 Å². The summed E-state index contributed by atoms with van der Waals surface area (Å²) in [6, 6.07) is 0. The third kappa shape index (κ3) is 1.00. The zero-order valence-electron chi connectivity index (χ0n) is 5.59. The second kappa shape index (κ2) is 2.13. The molecule has 0 aromatic heterocycles. The van der Waals surface area contributed by atoms with Gasteiger partial charge in [0.1, 0.15) is 0 Å². The normalized spacial score (nSPS) is 19.3. The highest BCUT2D eigenvalue weighted by molar-refractivity contribution is 5.98. The first-order chi connectivity index (χ1) is 4.61. The fourth-order valence-corrected chi connectivity index (χ4v) is 0.645. The molecule has 10 heavy (non-hydrogen) atoms. The number of hydrogen-bond acceptors (Lipinski definition) is 3. The van der Waals surface area contributed by atoms with Crippen molar-refractivity contribution < 1.29 is 14.3 Å². The standard InChI is InChI=1S/C6H7NO3/c1-4-3-7(2)6(9)10-5(4)8/h1,3H2,2H3. The molecule has 1 aliphatic rings. The van der Waals surface area contributed by atoms with Crippen molar-refractivity contribution in [3.8, 4) is 0 Å². The van der Waals surface area contributed by atoms with Crippen LogP contribution < -0.4 is 0 Å². The maximum Gasteiger partial charge on any atom is 0.417 e. The summed E-state index contributed by atoms with van der Waals surface area (Å²) < 4.78 is 4.26. The summed E-state index contributed by atoms with van der Waals surface area (Å²) in [6.45, 7) is 3.67. The Kier molecular flexibility index (Phi) is 1.45. The van der Waals surface area contributed by atoms with Crippen molar-refractivity contribution >= 4 is 12.1 Å². The van der Waals surface area contributed by atoms with Crippen LogP contribution in [0.5, 0.6) is 0 Å². The lowest BCUT2D eigenvalue weighted by atomic mass is 10.3. The Bertz CT molecular complexity index is 209. The first-order valence-corrected chi connectivity index (χ1v) is 2.76. The van der Waals surface area contributed by atoms with Gasteiger partial charge in [-0.15, -0.1) is 0 Å². The second-order valence-electron chi connectivity index (χ2n) is 2.12. The summed E-state index contributed by atoms with van der Waals surface area (Å²) in [4.78, 5) is 22.5. The Hall–Kier alpha value is -1.32. The number of esters is 1. The van der Waals surface area contributed by atoms with Gasteiger partial charge in [-0.3, -0.25) is 0 Å². The average molecular weight is 141 g/mol. The first kappa shape index (κ1) is 6.80. The molecule has 0 aromatic carbocycles. The fraction of sp³-hybridized carbons (Fsp3) is 0.333. The number of nitrogens with zero attached hydrogens (tertiary/aromatic N) is 1. The van der Waals surface area contributed by atoms with Crippen LogP contribution in [0.1, 0.15) is 0 Å². The average Bonchev–Trinajstić information content (AvgIpc) is 1.84. The number of rotatable bonds is 0. The van der Waals surface area contributed by atoms with Crippen molar-refractivity contribution in [2.45, 2.75) is 0 Å². The molecule has 4 heteroatoms. The van der Waals surface area contributed by atoms with Gasteiger partial charge in [-0.2, -0.15) is 0 Å². The SMILES string of the molecule is C=C1CN(C)C(=O)OC1=O. The Morgan fingerprint density at radius 2 is 2.20 bits per heavy atom. The number of amides is 1. The van der Waals surface area contributed by atoms with Crippen molar-refractivity contribution in [2.24, 2.45) is 0 Å². The maximum atomic E-state index is 10.6. The number of carbonyl (C=O) groups is 2. The van der Waals surface area contributed by atoms with Crippen LogP contribution in [0.15, 0.2) is 12.2 Å². The van der Waals surface area contributed by atoms with E-state index in [9.17, 15) is 9.59 Å². The van der Waals surface area contributed by atoms with Crippen molar-refractivity contribution in [2.75, 3.05) is 13.6 Å². The van der Waals surface area contributed by atoms with Crippen molar-refractivity contribution in [1.82, 2.24) is 4.90 Å². The predicted octanol–water partition coefficient (Wildman–Crippen LogP) is 0.151. The van der Waals surface area contributed by atoms with Gasteiger partial charge < -0.3 is 9.64 Å². The summed E-state index contributed by atoms with van der Waals surface area (Å²) >= 11 is 0. The highest BCUT2D eigenvalue weighted by Crippen LogP contribution is 2.06. The molecule has 0 N–H and O–H groups in total. The van der Waals surface area contributed by atoms with Crippen LogP contribution in [0.4, 0.5) is 4.79 Å². The van der Waals surface area contributed by atoms with Crippen LogP contribution in [0.3, 0.4) is 0 Å². The van der Waals surface area contributed by atoms with Gasteiger partial charge in [-0.1, -0.05) is 6.58 Å². The highest BCUT2D eigenvalue weighted by Gasteiger charge is 2.25. The fourth-order valence-electron chi connectivity index (χ4n) is 0.645. The van der Waals surface area contributed by atoms with E-state index in [0.717, 1.165) is 0 Å². The van der Waals surface area contributed by atoms with E-state index in [1.165, 1.54) is 4.90 Å². The monoisotopic (exact) mass is 141 g/mol. The second-order valence-corrected chi connectivity index (χ2v) is 2.12. The van der Waals surface area contributed by atoms with Gasteiger partial charge in [0, 0.05) is 7.05 Å². The van der Waals surface area contributed by atoms with E-state index < -0.39 is 12.1 Å². The summed E-state index contributed by atoms with van der Waals surface area (Å²) in [5.74, 6) is -0.622. The van der Waals surface area contributed by atoms with Gasteiger partial charge in [0.15, 0.2) is 0 Å². The van der Waals surface area contributed by atoms with E-state index in [2.05, 4.69) is 11.3 Å². The molecule has 54 valence electrons. The minimum Gasteiger partial charge on any atom is -0.373 e. The van der Waals surface area contributed by atoms with Crippen LogP contribution >= 0.6 is 0 Å². The number of ether oxygens (including phenoxy) is 1. The van der Waals surface area contributed by atoms with Crippen LogP contribution in [0.2, 0.25) is 0 Å². The van der Waals surface area contributed by atoms with Crippen LogP contribution in [0.25, 0.3) is 0 Å². The zero-order valence-corrected chi connectivity index (χ0v) is 5.59. The van der Waals surface area contributed by atoms with E-state index in [0.29, 0.717) is 5.57 Å². The first-order valence-electron chi connectivity index (χ1n) is 2.76. The Morgan fingerprint density at radius 3 is 2.70 bits per heavy atom. The van der Waals surface area contributed by atoms with Gasteiger partial charge in [0.2, 0.25) is 0 Å². The van der Waals surface area contributed by atoms with Gasteiger partial charge >= 0.3 is 12.1 Å². The minimum atomic E-state index is -0.622. The quantitative estimate of drug-likeness (QED) is 0.274. The molecule has 1 amide bonds. The van der Waals surface area contributed by atoms with Gasteiger partial charge in [0.25, 0.3) is 0 Å². The van der Waals surface area contributed by atoms with Crippen LogP contribution in [-0.4, -0.2) is 30.6 Å². The number of cyclic esters (lactones) is 2. The minimum absolute atomic E-state index is 0.262. The molecule has 0 atom stereocenters. The molecule has 0 spiro atoms. The predicted molar refractivity (Wildman–Crippen MR) is 33.3 cm³/mol. The van der Waals surface area contributed by atoms with E-state index in [-0.39, 0.29) is 6.54 Å². The maximum absolute atomic E-state index is 10.6. The molecule has 1 fully saturated rings. The molecule has 1 aliphatic heterocycles. The molecule has 0 aliphatic carbocycles. The molecule has 4 nitrogen and oxygen atoms in total. The molecule has 0 unspecified atom stereocenters. The summed E-state index contributed by atoms with van der Waals surface area (Å²) in [7, 11) is 1.54. The van der Waals surface area contributed by atoms with Gasteiger partial charge in [-0.05, 0) is 0 Å². The topological polar surface area (TPSA) is 46.6 Å². The van der Waals surface area contributed by atoms with E-state index in [4.69, 9.17) is 0 Å². The van der Waals surface area contributed by atoms with Crippen molar-refractivity contribution in [3.63, 3.8) is 0 Å². The third-order valence-corrected chi connectivity index (χ3v) is 1.21. The van der Waals surface area contributed by atoms with Crippen molar-refractivity contribution in [1.29, 1.82) is 0 Å². The molecule has 0 aromatic rings. The molecular formula is C6H7NO3. The smallest absolute Gasteiger partial charge is 0.373 e. The Morgan fingerprint density at radius 1 is 1.60 bits per heavy atom. The molecular weight excluding hydrogens is 134 g/mol. The Balaban J connectivity index is 2.72. The molecule has 1 rings (SSSR count). The summed E-state index contributed by atoms with van der Waals surface area (Å²) in [5.41, 5.74) is 0.308. The lowest BCUT2D eigenvalue weighted by Crippen LogP contribution is -2.38. The number of likely N-dealkylation sites (N-methyl/N-ethyl adjacent to an activating group) is 1. The number of carbonyl (C=O) groups excluding carboxylic acids is 2. The number of hydrogen-bond donors (Lipinski definition) is 0. The lowest BCUT2D eigenvalue weighted by Gasteiger charge is -2.21. The molecule has 0 saturated carbocycles. The lowest BCUT2D eigenvalue weighted by molar-refractivity contribution is -0.135. The molecule has 0 radical (unpaired) electrons. The molecule has 1 heterocycles. The summed E-state index contributed by atoms with van der Waals surface area (Å²) in [5, 5.41) is 0. The van der Waals surface area contributed by atoms with E-state index in [1.54, 1.807) is 7.05 Å².